The van der Waals surface area contributed by atoms with Gasteiger partial charge in [-0.05, 0) is 17.2 Å². The Morgan fingerprint density at radius 3 is 2.95 bits per heavy atom. The summed E-state index contributed by atoms with van der Waals surface area (Å²) in [5.41, 5.74) is 2.38. The molecule has 2 aromatic rings. The van der Waals surface area contributed by atoms with Crippen molar-refractivity contribution in [3.63, 3.8) is 0 Å². The first kappa shape index (κ1) is 13.1. The molecule has 1 heterocycles. The number of nitrogens with zero attached hydrogens (tertiary/aromatic N) is 1. The second-order valence-electron chi connectivity index (χ2n) is 4.78. The molecule has 0 aliphatic heterocycles. The van der Waals surface area contributed by atoms with Crippen LogP contribution in [-0.4, -0.2) is 22.1 Å². The van der Waals surface area contributed by atoms with Crippen molar-refractivity contribution in [2.75, 3.05) is 0 Å². The zero-order valence-corrected chi connectivity index (χ0v) is 11.3. The second-order valence-corrected chi connectivity index (χ2v) is 5.18. The van der Waals surface area contributed by atoms with Gasteiger partial charge in [-0.15, -0.1) is 0 Å². The number of pyridine rings is 1. The first-order valence-electron chi connectivity index (χ1n) is 6.33. The molecule has 2 unspecified atom stereocenters. The number of nitrogens with one attached hydrogen (secondary N) is 1. The maximum Gasteiger partial charge on any atom is 0.253 e. The normalized spacial score (nSPS) is 20.5. The molecule has 5 heteroatoms. The first-order chi connectivity index (χ1) is 9.66. The number of fused-ring (bicyclic) bond motifs is 1. The number of rotatable bonds is 2. The summed E-state index contributed by atoms with van der Waals surface area (Å²) in [5, 5.41) is 13.3. The Morgan fingerprint density at radius 1 is 1.35 bits per heavy atom. The molecule has 20 heavy (non-hydrogen) atoms. The summed E-state index contributed by atoms with van der Waals surface area (Å²) in [6, 6.07) is 8.87. The van der Waals surface area contributed by atoms with Crippen molar-refractivity contribution in [1.82, 2.24) is 10.3 Å². The first-order valence-corrected chi connectivity index (χ1v) is 6.71. The molecule has 2 N–H and O–H groups in total. The zero-order valence-electron chi connectivity index (χ0n) is 10.6. The highest BCUT2D eigenvalue weighted by molar-refractivity contribution is 6.33. The van der Waals surface area contributed by atoms with Gasteiger partial charge in [-0.1, -0.05) is 35.9 Å². The van der Waals surface area contributed by atoms with Gasteiger partial charge in [-0.25, -0.2) is 0 Å². The minimum atomic E-state index is -0.614. The summed E-state index contributed by atoms with van der Waals surface area (Å²) in [4.78, 5) is 16.1. The Hall–Kier alpha value is -1.91. The quantitative estimate of drug-likeness (QED) is 0.890. The Morgan fingerprint density at radius 2 is 2.15 bits per heavy atom. The van der Waals surface area contributed by atoms with Gasteiger partial charge in [0.2, 0.25) is 0 Å². The fraction of sp³-hybridized carbons (Fsp3) is 0.200. The van der Waals surface area contributed by atoms with Crippen molar-refractivity contribution in [3.05, 3.63) is 64.4 Å². The number of amides is 1. The van der Waals surface area contributed by atoms with Crippen molar-refractivity contribution in [2.45, 2.75) is 18.6 Å². The highest BCUT2D eigenvalue weighted by Gasteiger charge is 2.32. The minimum absolute atomic E-state index is 0.297. The molecule has 1 amide bonds. The van der Waals surface area contributed by atoms with Crippen LogP contribution >= 0.6 is 11.6 Å². The van der Waals surface area contributed by atoms with E-state index >= 15 is 0 Å². The summed E-state index contributed by atoms with van der Waals surface area (Å²) in [6.45, 7) is 0. The molecular formula is C15H13ClN2O2. The number of hydrogen-bond donors (Lipinski definition) is 2. The van der Waals surface area contributed by atoms with Crippen LogP contribution < -0.4 is 5.32 Å². The van der Waals surface area contributed by atoms with E-state index in [4.69, 9.17) is 11.6 Å². The van der Waals surface area contributed by atoms with Crippen LogP contribution in [0.3, 0.4) is 0 Å². The van der Waals surface area contributed by atoms with Gasteiger partial charge < -0.3 is 10.4 Å². The van der Waals surface area contributed by atoms with Crippen LogP contribution in [0.1, 0.15) is 27.5 Å². The predicted octanol–water partition coefficient (Wildman–Crippen LogP) is 2.12. The summed E-state index contributed by atoms with van der Waals surface area (Å²) < 4.78 is 0. The fourth-order valence-corrected chi connectivity index (χ4v) is 2.73. The molecule has 4 nitrogen and oxygen atoms in total. The molecule has 3 rings (SSSR count). The van der Waals surface area contributed by atoms with Gasteiger partial charge in [0.25, 0.3) is 5.91 Å². The molecule has 1 aliphatic carbocycles. The molecule has 2 atom stereocenters. The highest BCUT2D eigenvalue weighted by Crippen LogP contribution is 2.31. The van der Waals surface area contributed by atoms with Gasteiger partial charge >= 0.3 is 0 Å². The number of hydrogen-bond acceptors (Lipinski definition) is 3. The largest absolute Gasteiger partial charge is 0.390 e. The molecule has 0 saturated heterocycles. The van der Waals surface area contributed by atoms with Crippen molar-refractivity contribution >= 4 is 17.5 Å². The van der Waals surface area contributed by atoms with E-state index in [9.17, 15) is 9.90 Å². The summed E-state index contributed by atoms with van der Waals surface area (Å²) in [5.74, 6) is -0.307. The van der Waals surface area contributed by atoms with E-state index in [0.29, 0.717) is 17.0 Å². The second kappa shape index (κ2) is 5.23. The number of halogens is 1. The van der Waals surface area contributed by atoms with Crippen LogP contribution in [0.15, 0.2) is 42.7 Å². The smallest absolute Gasteiger partial charge is 0.253 e. The van der Waals surface area contributed by atoms with Gasteiger partial charge in [0, 0.05) is 18.8 Å². The molecular weight excluding hydrogens is 276 g/mol. The van der Waals surface area contributed by atoms with Crippen LogP contribution in [0.4, 0.5) is 0 Å². The fourth-order valence-electron chi connectivity index (χ4n) is 2.53. The van der Waals surface area contributed by atoms with Gasteiger partial charge in [-0.2, -0.15) is 0 Å². The maximum absolute atomic E-state index is 12.2. The van der Waals surface area contributed by atoms with E-state index in [1.807, 2.05) is 24.3 Å². The molecule has 1 aliphatic rings. The standard InChI is InChI=1S/C15H13ClN2O2/c16-12-8-17-6-5-11(12)15(20)18-14-10-4-2-1-3-9(10)7-13(14)19/h1-6,8,13-14,19H,7H2,(H,18,20). The van der Waals surface area contributed by atoms with E-state index < -0.39 is 12.1 Å². The number of aliphatic hydroxyl groups is 1. The molecule has 0 bridgehead atoms. The lowest BCUT2D eigenvalue weighted by Gasteiger charge is -2.18. The lowest BCUT2D eigenvalue weighted by atomic mass is 10.1. The molecule has 1 aromatic carbocycles. The molecule has 1 aromatic heterocycles. The molecule has 102 valence electrons. The van der Waals surface area contributed by atoms with E-state index in [-0.39, 0.29) is 5.91 Å². The van der Waals surface area contributed by atoms with Crippen molar-refractivity contribution < 1.29 is 9.90 Å². The lowest BCUT2D eigenvalue weighted by molar-refractivity contribution is 0.0858. The summed E-state index contributed by atoms with van der Waals surface area (Å²) in [6.07, 6.45) is 2.87. The predicted molar refractivity (Wildman–Crippen MR) is 75.6 cm³/mol. The summed E-state index contributed by atoms with van der Waals surface area (Å²) >= 11 is 5.96. The molecule has 0 radical (unpaired) electrons. The van der Waals surface area contributed by atoms with Crippen molar-refractivity contribution in [1.29, 1.82) is 0 Å². The van der Waals surface area contributed by atoms with Crippen molar-refractivity contribution in [3.8, 4) is 0 Å². The van der Waals surface area contributed by atoms with Gasteiger partial charge in [0.15, 0.2) is 0 Å². The number of carbonyl (C=O) groups excluding carboxylic acids is 1. The van der Waals surface area contributed by atoms with E-state index in [1.54, 1.807) is 6.07 Å². The van der Waals surface area contributed by atoms with E-state index in [0.717, 1.165) is 11.1 Å². The third-order valence-electron chi connectivity index (χ3n) is 3.51. The molecule has 0 saturated carbocycles. The van der Waals surface area contributed by atoms with Crippen LogP contribution in [-0.2, 0) is 6.42 Å². The lowest BCUT2D eigenvalue weighted by Crippen LogP contribution is -2.34. The number of benzene rings is 1. The number of aliphatic hydroxyl groups excluding tert-OH is 1. The van der Waals surface area contributed by atoms with E-state index in [1.165, 1.54) is 12.4 Å². The SMILES string of the molecule is O=C(NC1c2ccccc2CC1O)c1ccncc1Cl. The maximum atomic E-state index is 12.2. The Bertz CT molecular complexity index is 660. The molecule has 0 fully saturated rings. The van der Waals surface area contributed by atoms with E-state index in [2.05, 4.69) is 10.3 Å². The number of carbonyl (C=O) groups is 1. The third kappa shape index (κ3) is 2.28. The Balaban J connectivity index is 1.85. The third-order valence-corrected chi connectivity index (χ3v) is 3.81. The Kier molecular flexibility index (Phi) is 3.42. The summed E-state index contributed by atoms with van der Waals surface area (Å²) in [7, 11) is 0. The topological polar surface area (TPSA) is 62.2 Å². The average molecular weight is 289 g/mol. The van der Waals surface area contributed by atoms with Crippen LogP contribution in [0, 0.1) is 0 Å². The zero-order chi connectivity index (χ0) is 14.1. The van der Waals surface area contributed by atoms with Crippen LogP contribution in [0.5, 0.6) is 0 Å². The Labute approximate surface area is 121 Å². The van der Waals surface area contributed by atoms with Crippen molar-refractivity contribution in [2.24, 2.45) is 0 Å². The van der Waals surface area contributed by atoms with Gasteiger partial charge in [-0.3, -0.25) is 9.78 Å². The highest BCUT2D eigenvalue weighted by atomic mass is 35.5. The average Bonchev–Trinajstić information content (AvgIpc) is 2.76. The van der Waals surface area contributed by atoms with Gasteiger partial charge in [0.05, 0.1) is 22.7 Å². The van der Waals surface area contributed by atoms with Crippen LogP contribution in [0.25, 0.3) is 0 Å². The van der Waals surface area contributed by atoms with Crippen LogP contribution in [0.2, 0.25) is 5.02 Å². The monoisotopic (exact) mass is 288 g/mol. The molecule has 0 spiro atoms. The van der Waals surface area contributed by atoms with Gasteiger partial charge in [0.1, 0.15) is 0 Å². The minimum Gasteiger partial charge on any atom is -0.390 e. The number of aromatic nitrogens is 1.